The van der Waals surface area contributed by atoms with Crippen LogP contribution in [-0.4, -0.2) is 25.0 Å². The van der Waals surface area contributed by atoms with Gasteiger partial charge in [-0.3, -0.25) is 9.69 Å². The van der Waals surface area contributed by atoms with E-state index >= 15 is 0 Å². The second kappa shape index (κ2) is 6.67. The maximum Gasteiger partial charge on any atom is 0.238 e. The van der Waals surface area contributed by atoms with Crippen molar-refractivity contribution in [2.75, 3.05) is 24.0 Å². The molecule has 114 valence electrons. The van der Waals surface area contributed by atoms with Crippen LogP contribution in [0.1, 0.15) is 10.9 Å². The molecule has 1 amide bonds. The van der Waals surface area contributed by atoms with Gasteiger partial charge in [0.2, 0.25) is 5.91 Å². The van der Waals surface area contributed by atoms with Crippen LogP contribution in [0.15, 0.2) is 53.4 Å². The van der Waals surface area contributed by atoms with Crippen LogP contribution in [0.3, 0.4) is 0 Å². The van der Waals surface area contributed by atoms with E-state index in [9.17, 15) is 4.79 Å². The Hall–Kier alpha value is -1.59. The van der Waals surface area contributed by atoms with Crippen molar-refractivity contribution >= 4 is 35.1 Å². The largest absolute Gasteiger partial charge is 0.497 e. The van der Waals surface area contributed by atoms with Gasteiger partial charge in [-0.1, -0.05) is 12.1 Å². The number of methoxy groups -OCH3 is 1. The van der Waals surface area contributed by atoms with Crippen molar-refractivity contribution in [1.29, 1.82) is 0 Å². The van der Waals surface area contributed by atoms with E-state index in [4.69, 9.17) is 4.74 Å². The molecule has 1 fully saturated rings. The smallest absolute Gasteiger partial charge is 0.238 e. The predicted octanol–water partition coefficient (Wildman–Crippen LogP) is 4.20. The van der Waals surface area contributed by atoms with Gasteiger partial charge in [0.1, 0.15) is 11.1 Å². The van der Waals surface area contributed by atoms with Gasteiger partial charge >= 0.3 is 0 Å². The number of benzene rings is 2. The second-order valence-corrected chi connectivity index (χ2v) is 6.85. The minimum atomic E-state index is 0.0387. The lowest BCUT2D eigenvalue weighted by atomic mass is 10.2. The molecule has 22 heavy (non-hydrogen) atoms. The van der Waals surface area contributed by atoms with Crippen molar-refractivity contribution < 1.29 is 9.53 Å². The quantitative estimate of drug-likeness (QED) is 0.786. The van der Waals surface area contributed by atoms with Gasteiger partial charge in [0.05, 0.1) is 12.9 Å². The molecule has 1 heterocycles. The molecule has 0 unspecified atom stereocenters. The highest BCUT2D eigenvalue weighted by molar-refractivity contribution is 8.00. The van der Waals surface area contributed by atoms with Crippen molar-refractivity contribution in [3.63, 3.8) is 0 Å². The van der Waals surface area contributed by atoms with Crippen LogP contribution in [-0.2, 0) is 4.79 Å². The third-order valence-electron chi connectivity index (χ3n) is 3.62. The molecular weight excluding hydrogens is 314 g/mol. The molecule has 2 aromatic carbocycles. The SMILES string of the molecule is COc1ccc(N2C(=O)CS[C@H]2c2ccc(SC)cc2)cc1. The third kappa shape index (κ3) is 2.96. The fourth-order valence-corrected chi connectivity index (χ4v) is 4.05. The fraction of sp³-hybridized carbons (Fsp3) is 0.235. The van der Waals surface area contributed by atoms with Crippen LogP contribution >= 0.6 is 23.5 Å². The minimum absolute atomic E-state index is 0.0387. The lowest BCUT2D eigenvalue weighted by Gasteiger charge is -2.24. The number of carbonyl (C=O) groups is 1. The predicted molar refractivity (Wildman–Crippen MR) is 93.9 cm³/mol. The van der Waals surface area contributed by atoms with E-state index in [1.807, 2.05) is 29.2 Å². The summed E-state index contributed by atoms with van der Waals surface area (Å²) < 4.78 is 5.18. The van der Waals surface area contributed by atoms with Crippen molar-refractivity contribution in [2.24, 2.45) is 0 Å². The molecule has 0 saturated carbocycles. The number of amides is 1. The number of thioether (sulfide) groups is 2. The summed E-state index contributed by atoms with van der Waals surface area (Å²) in [5.74, 6) is 1.46. The molecule has 1 atom stereocenters. The molecule has 0 aromatic heterocycles. The van der Waals surface area contributed by atoms with E-state index in [0.29, 0.717) is 5.75 Å². The highest BCUT2D eigenvalue weighted by atomic mass is 32.2. The first kappa shape index (κ1) is 15.3. The molecule has 1 aliphatic rings. The molecular formula is C17H17NO2S2. The van der Waals surface area contributed by atoms with E-state index in [1.54, 1.807) is 30.6 Å². The molecule has 5 heteroatoms. The van der Waals surface area contributed by atoms with Crippen LogP contribution in [0.5, 0.6) is 5.75 Å². The first-order valence-corrected chi connectivity index (χ1v) is 9.22. The first-order valence-electron chi connectivity index (χ1n) is 6.94. The third-order valence-corrected chi connectivity index (χ3v) is 5.58. The summed E-state index contributed by atoms with van der Waals surface area (Å²) in [6.07, 6.45) is 2.06. The molecule has 0 aliphatic carbocycles. The summed E-state index contributed by atoms with van der Waals surface area (Å²) in [6, 6.07) is 16.1. The zero-order valence-corrected chi connectivity index (χ0v) is 14.1. The summed E-state index contributed by atoms with van der Waals surface area (Å²) in [5, 5.41) is 0.0387. The molecule has 1 saturated heterocycles. The average molecular weight is 331 g/mol. The Bertz CT molecular complexity index is 655. The van der Waals surface area contributed by atoms with Crippen LogP contribution in [0.4, 0.5) is 5.69 Å². The van der Waals surface area contributed by atoms with Crippen molar-refractivity contribution in [1.82, 2.24) is 0 Å². The first-order chi connectivity index (χ1) is 10.7. The van der Waals surface area contributed by atoms with E-state index in [1.165, 1.54) is 4.90 Å². The van der Waals surface area contributed by atoms with E-state index < -0.39 is 0 Å². The highest BCUT2D eigenvalue weighted by Gasteiger charge is 2.33. The summed E-state index contributed by atoms with van der Waals surface area (Å²) >= 11 is 3.39. The molecule has 3 rings (SSSR count). The topological polar surface area (TPSA) is 29.5 Å². The molecule has 2 aromatic rings. The van der Waals surface area contributed by atoms with Crippen LogP contribution in [0, 0.1) is 0 Å². The van der Waals surface area contributed by atoms with Crippen LogP contribution in [0.2, 0.25) is 0 Å². The Labute approximate surface area is 139 Å². The van der Waals surface area contributed by atoms with Crippen molar-refractivity contribution in [2.45, 2.75) is 10.3 Å². The van der Waals surface area contributed by atoms with E-state index in [2.05, 4.69) is 30.5 Å². The van der Waals surface area contributed by atoms with Gasteiger partial charge in [0.15, 0.2) is 0 Å². The highest BCUT2D eigenvalue weighted by Crippen LogP contribution is 2.42. The number of carbonyl (C=O) groups excluding carboxylic acids is 1. The number of anilines is 1. The van der Waals surface area contributed by atoms with Gasteiger partial charge in [0, 0.05) is 10.6 Å². The summed E-state index contributed by atoms with van der Waals surface area (Å²) in [4.78, 5) is 15.4. The Morgan fingerprint density at radius 2 is 1.82 bits per heavy atom. The molecule has 0 radical (unpaired) electrons. The van der Waals surface area contributed by atoms with Crippen molar-refractivity contribution in [3.8, 4) is 5.75 Å². The molecule has 0 spiro atoms. The summed E-state index contributed by atoms with van der Waals surface area (Å²) in [6.45, 7) is 0. The number of nitrogens with zero attached hydrogens (tertiary/aromatic N) is 1. The summed E-state index contributed by atoms with van der Waals surface area (Å²) in [7, 11) is 1.64. The van der Waals surface area contributed by atoms with Gasteiger partial charge < -0.3 is 4.74 Å². The van der Waals surface area contributed by atoms with Gasteiger partial charge in [-0.25, -0.2) is 0 Å². The van der Waals surface area contributed by atoms with Gasteiger partial charge in [0.25, 0.3) is 0 Å². The van der Waals surface area contributed by atoms with E-state index in [-0.39, 0.29) is 11.3 Å². The molecule has 3 nitrogen and oxygen atoms in total. The average Bonchev–Trinajstić information content (AvgIpc) is 2.96. The number of hydrogen-bond donors (Lipinski definition) is 0. The van der Waals surface area contributed by atoms with Crippen LogP contribution in [0.25, 0.3) is 0 Å². The lowest BCUT2D eigenvalue weighted by molar-refractivity contribution is -0.115. The standard InChI is InChI=1S/C17H17NO2S2/c1-20-14-7-5-13(6-8-14)18-16(19)11-22-17(18)12-3-9-15(21-2)10-4-12/h3-10,17H,11H2,1-2H3/t17-/m0/s1. The second-order valence-electron chi connectivity index (χ2n) is 4.90. The monoisotopic (exact) mass is 331 g/mol. The number of rotatable bonds is 4. The lowest BCUT2D eigenvalue weighted by Crippen LogP contribution is -2.27. The zero-order valence-electron chi connectivity index (χ0n) is 12.5. The Morgan fingerprint density at radius 1 is 1.14 bits per heavy atom. The Morgan fingerprint density at radius 3 is 2.41 bits per heavy atom. The van der Waals surface area contributed by atoms with Gasteiger partial charge in [-0.15, -0.1) is 23.5 Å². The summed E-state index contributed by atoms with van der Waals surface area (Å²) in [5.41, 5.74) is 2.07. The normalized spacial score (nSPS) is 17.8. The van der Waals surface area contributed by atoms with Crippen LogP contribution < -0.4 is 9.64 Å². The molecule has 0 N–H and O–H groups in total. The molecule has 1 aliphatic heterocycles. The zero-order chi connectivity index (χ0) is 15.5. The number of hydrogen-bond acceptors (Lipinski definition) is 4. The van der Waals surface area contributed by atoms with Crippen molar-refractivity contribution in [3.05, 3.63) is 54.1 Å². The number of ether oxygens (including phenoxy) is 1. The maximum atomic E-state index is 12.3. The van der Waals surface area contributed by atoms with Gasteiger partial charge in [-0.05, 0) is 48.2 Å². The Kier molecular flexibility index (Phi) is 4.64. The minimum Gasteiger partial charge on any atom is -0.497 e. The van der Waals surface area contributed by atoms with Gasteiger partial charge in [-0.2, -0.15) is 0 Å². The molecule has 0 bridgehead atoms. The van der Waals surface area contributed by atoms with E-state index in [0.717, 1.165) is 17.0 Å². The maximum absolute atomic E-state index is 12.3. The fourth-order valence-electron chi connectivity index (χ4n) is 2.46. The Balaban J connectivity index is 1.90.